The third-order valence-electron chi connectivity index (χ3n) is 2.85. The number of carbonyl (C=O) groups excluding carboxylic acids is 1. The van der Waals surface area contributed by atoms with Crippen LogP contribution in [0.15, 0.2) is 36.0 Å². The van der Waals surface area contributed by atoms with Gasteiger partial charge in [-0.05, 0) is 30.6 Å². The second kappa shape index (κ2) is 9.38. The number of nitriles is 1. The number of aromatic hydroxyl groups is 1. The summed E-state index contributed by atoms with van der Waals surface area (Å²) in [6, 6.07) is 6.90. The van der Waals surface area contributed by atoms with Crippen LogP contribution in [0.25, 0.3) is 0 Å². The molecule has 0 heterocycles. The number of thioether (sulfide) groups is 1. The molecule has 0 saturated heterocycles. The summed E-state index contributed by atoms with van der Waals surface area (Å²) < 4.78 is 0. The zero-order valence-corrected chi connectivity index (χ0v) is 13.3. The zero-order chi connectivity index (χ0) is 17.2. The number of nitrogens with one attached hydrogen (secondary N) is 2. The molecule has 122 valence electrons. The molecule has 1 atom stereocenters. The summed E-state index contributed by atoms with van der Waals surface area (Å²) >= 11 is 1.50. The lowest BCUT2D eigenvalue weighted by Gasteiger charge is -2.12. The minimum Gasteiger partial charge on any atom is -0.506 e. The Kier molecular flexibility index (Phi) is 7.50. The number of carboxylic acid groups (broad SMARTS) is 1. The van der Waals surface area contributed by atoms with Crippen LogP contribution in [0.4, 0.5) is 5.69 Å². The summed E-state index contributed by atoms with van der Waals surface area (Å²) in [5, 5.41) is 32.7. The Morgan fingerprint density at radius 2 is 2.13 bits per heavy atom. The molecule has 1 aromatic carbocycles. The Labute approximate surface area is 138 Å². The Balaban J connectivity index is 2.78. The molecule has 1 aromatic rings. The number of rotatable bonds is 8. The van der Waals surface area contributed by atoms with E-state index in [4.69, 9.17) is 10.4 Å². The topological polar surface area (TPSA) is 122 Å². The predicted octanol–water partition coefficient (Wildman–Crippen LogP) is 1.53. The summed E-state index contributed by atoms with van der Waals surface area (Å²) in [5.74, 6) is -1.30. The quantitative estimate of drug-likeness (QED) is 0.323. The number of hydrogen-bond acceptors (Lipinski definition) is 6. The van der Waals surface area contributed by atoms with E-state index in [1.807, 2.05) is 6.26 Å². The van der Waals surface area contributed by atoms with E-state index in [0.717, 1.165) is 6.20 Å². The first-order valence-corrected chi connectivity index (χ1v) is 8.06. The maximum atomic E-state index is 12.0. The van der Waals surface area contributed by atoms with E-state index in [-0.39, 0.29) is 17.0 Å². The van der Waals surface area contributed by atoms with Gasteiger partial charge in [-0.15, -0.1) is 0 Å². The number of carboxylic acids is 1. The molecule has 0 aliphatic carbocycles. The minimum atomic E-state index is -1.06. The van der Waals surface area contributed by atoms with Gasteiger partial charge in [-0.1, -0.05) is 12.1 Å². The largest absolute Gasteiger partial charge is 0.506 e. The van der Waals surface area contributed by atoms with Gasteiger partial charge < -0.3 is 20.8 Å². The van der Waals surface area contributed by atoms with Crippen molar-refractivity contribution < 1.29 is 19.8 Å². The summed E-state index contributed by atoms with van der Waals surface area (Å²) in [5.41, 5.74) is -0.125. The molecule has 0 spiro atoms. The molecule has 0 saturated carbocycles. The van der Waals surface area contributed by atoms with Crippen molar-refractivity contribution in [3.63, 3.8) is 0 Å². The summed E-state index contributed by atoms with van der Waals surface area (Å²) in [4.78, 5) is 23.1. The SMILES string of the molecule is CSCCC(N/C=C(/C#N)C(=O)Nc1ccccc1O)C(=O)O. The molecule has 0 aliphatic heterocycles. The van der Waals surface area contributed by atoms with E-state index in [9.17, 15) is 14.7 Å². The fraction of sp³-hybridized carbons (Fsp3) is 0.267. The van der Waals surface area contributed by atoms with Crippen LogP contribution < -0.4 is 10.6 Å². The number of hydrogen-bond donors (Lipinski definition) is 4. The second-order valence-corrected chi connectivity index (χ2v) is 5.47. The lowest BCUT2D eigenvalue weighted by molar-refractivity contribution is -0.139. The predicted molar refractivity (Wildman–Crippen MR) is 88.0 cm³/mol. The highest BCUT2D eigenvalue weighted by atomic mass is 32.2. The fourth-order valence-electron chi connectivity index (χ4n) is 1.62. The Morgan fingerprint density at radius 1 is 1.43 bits per heavy atom. The van der Waals surface area contributed by atoms with Crippen molar-refractivity contribution in [2.75, 3.05) is 17.3 Å². The Hall–Kier alpha value is -2.66. The fourth-order valence-corrected chi connectivity index (χ4v) is 2.09. The van der Waals surface area contributed by atoms with Crippen LogP contribution in [-0.4, -0.2) is 40.1 Å². The molecule has 7 nitrogen and oxygen atoms in total. The molecule has 8 heteroatoms. The highest BCUT2D eigenvalue weighted by Crippen LogP contribution is 2.21. The lowest BCUT2D eigenvalue weighted by Crippen LogP contribution is -2.34. The van der Waals surface area contributed by atoms with E-state index >= 15 is 0 Å². The van der Waals surface area contributed by atoms with Crippen LogP contribution in [0.5, 0.6) is 5.75 Å². The first-order valence-electron chi connectivity index (χ1n) is 6.67. The van der Waals surface area contributed by atoms with Crippen molar-refractivity contribution in [1.29, 1.82) is 5.26 Å². The van der Waals surface area contributed by atoms with Gasteiger partial charge in [0.15, 0.2) is 0 Å². The number of aliphatic carboxylic acids is 1. The molecule has 0 aromatic heterocycles. The second-order valence-electron chi connectivity index (χ2n) is 4.48. The van der Waals surface area contributed by atoms with E-state index < -0.39 is 17.9 Å². The van der Waals surface area contributed by atoms with Crippen LogP contribution >= 0.6 is 11.8 Å². The van der Waals surface area contributed by atoms with Crippen LogP contribution in [0.2, 0.25) is 0 Å². The number of carbonyl (C=O) groups is 2. The highest BCUT2D eigenvalue weighted by molar-refractivity contribution is 7.98. The van der Waals surface area contributed by atoms with Crippen LogP contribution in [-0.2, 0) is 9.59 Å². The van der Waals surface area contributed by atoms with Gasteiger partial charge in [-0.25, -0.2) is 4.79 Å². The van der Waals surface area contributed by atoms with Gasteiger partial charge in [-0.3, -0.25) is 4.79 Å². The highest BCUT2D eigenvalue weighted by Gasteiger charge is 2.17. The monoisotopic (exact) mass is 335 g/mol. The smallest absolute Gasteiger partial charge is 0.326 e. The number of nitrogens with zero attached hydrogens (tertiary/aromatic N) is 1. The first-order chi connectivity index (χ1) is 11.0. The average Bonchev–Trinajstić information content (AvgIpc) is 2.52. The van der Waals surface area contributed by atoms with Crippen molar-refractivity contribution in [2.45, 2.75) is 12.5 Å². The van der Waals surface area contributed by atoms with Crippen molar-refractivity contribution in [3.8, 4) is 11.8 Å². The molecule has 1 amide bonds. The molecule has 0 bridgehead atoms. The zero-order valence-electron chi connectivity index (χ0n) is 12.4. The van der Waals surface area contributed by atoms with Crippen LogP contribution in [0.1, 0.15) is 6.42 Å². The van der Waals surface area contributed by atoms with Gasteiger partial charge in [0.1, 0.15) is 23.4 Å². The third kappa shape index (κ3) is 5.92. The van der Waals surface area contributed by atoms with Crippen LogP contribution in [0, 0.1) is 11.3 Å². The van der Waals surface area contributed by atoms with E-state index in [2.05, 4.69) is 10.6 Å². The standard InChI is InChI=1S/C15H17N3O4S/c1-23-7-6-12(15(21)22)17-9-10(8-16)14(20)18-11-4-2-3-5-13(11)19/h2-5,9,12,17,19H,6-7H2,1H3,(H,18,20)(H,21,22)/b10-9-. The normalized spacial score (nSPS) is 12.1. The summed E-state index contributed by atoms with van der Waals surface area (Å²) in [6.45, 7) is 0. The number of anilines is 1. The molecule has 0 aliphatic rings. The summed E-state index contributed by atoms with van der Waals surface area (Å²) in [6.07, 6.45) is 3.29. The van der Waals surface area contributed by atoms with Gasteiger partial charge in [0.25, 0.3) is 5.91 Å². The van der Waals surface area contributed by atoms with E-state index in [1.54, 1.807) is 18.2 Å². The van der Waals surface area contributed by atoms with Crippen molar-refractivity contribution in [2.24, 2.45) is 0 Å². The van der Waals surface area contributed by atoms with Gasteiger partial charge in [0, 0.05) is 6.20 Å². The molecular weight excluding hydrogens is 318 g/mol. The Morgan fingerprint density at radius 3 is 2.70 bits per heavy atom. The molecule has 23 heavy (non-hydrogen) atoms. The molecule has 4 N–H and O–H groups in total. The minimum absolute atomic E-state index is 0.130. The molecular formula is C15H17N3O4S. The Bertz CT molecular complexity index is 640. The first kappa shape index (κ1) is 18.4. The van der Waals surface area contributed by atoms with E-state index in [0.29, 0.717) is 12.2 Å². The molecule has 0 radical (unpaired) electrons. The van der Waals surface area contributed by atoms with Gasteiger partial charge in [0.05, 0.1) is 5.69 Å². The molecule has 1 unspecified atom stereocenters. The van der Waals surface area contributed by atoms with Gasteiger partial charge in [0.2, 0.25) is 0 Å². The number of para-hydroxylation sites is 2. The maximum absolute atomic E-state index is 12.0. The lowest BCUT2D eigenvalue weighted by atomic mass is 10.2. The van der Waals surface area contributed by atoms with Crippen LogP contribution in [0.3, 0.4) is 0 Å². The van der Waals surface area contributed by atoms with Crippen molar-refractivity contribution >= 4 is 29.3 Å². The van der Waals surface area contributed by atoms with Crippen molar-refractivity contribution in [3.05, 3.63) is 36.0 Å². The number of benzene rings is 1. The number of phenolic OH excluding ortho intramolecular Hbond substituents is 1. The van der Waals surface area contributed by atoms with Gasteiger partial charge >= 0.3 is 5.97 Å². The van der Waals surface area contributed by atoms with E-state index in [1.165, 1.54) is 23.9 Å². The average molecular weight is 335 g/mol. The molecule has 1 rings (SSSR count). The number of amides is 1. The summed E-state index contributed by atoms with van der Waals surface area (Å²) in [7, 11) is 0. The van der Waals surface area contributed by atoms with Gasteiger partial charge in [-0.2, -0.15) is 17.0 Å². The molecule has 0 fully saturated rings. The third-order valence-corrected chi connectivity index (χ3v) is 3.50. The van der Waals surface area contributed by atoms with Crippen molar-refractivity contribution in [1.82, 2.24) is 5.32 Å². The maximum Gasteiger partial charge on any atom is 0.326 e. The number of phenols is 1.